The molecule has 186 valence electrons. The molecule has 0 unspecified atom stereocenters. The highest BCUT2D eigenvalue weighted by atomic mass is 35.5. The van der Waals surface area contributed by atoms with Crippen molar-refractivity contribution in [1.82, 2.24) is 24.5 Å². The van der Waals surface area contributed by atoms with Gasteiger partial charge in [0.15, 0.2) is 5.82 Å². The van der Waals surface area contributed by atoms with Crippen molar-refractivity contribution in [2.75, 3.05) is 0 Å². The van der Waals surface area contributed by atoms with Crippen LogP contribution in [0.15, 0.2) is 47.8 Å². The van der Waals surface area contributed by atoms with Crippen LogP contribution in [-0.2, 0) is 12.2 Å². The Balaban J connectivity index is 1.76. The van der Waals surface area contributed by atoms with Crippen LogP contribution >= 0.6 is 11.6 Å². The first kappa shape index (κ1) is 25.4. The molecule has 4 aromatic heterocycles. The summed E-state index contributed by atoms with van der Waals surface area (Å²) in [4.78, 5) is 30.5. The Morgan fingerprint density at radius 2 is 1.83 bits per heavy atom. The Morgan fingerprint density at radius 1 is 1.11 bits per heavy atom. The minimum absolute atomic E-state index is 0.128. The van der Waals surface area contributed by atoms with E-state index in [1.54, 1.807) is 45.3 Å². The molecule has 36 heavy (non-hydrogen) atoms. The average Bonchev–Trinajstić information content (AvgIpc) is 2.82. The average molecular weight is 510 g/mol. The fourth-order valence-electron chi connectivity index (χ4n) is 3.64. The number of hydrogen-bond donors (Lipinski definition) is 1. The maximum atomic E-state index is 13.9. The van der Waals surface area contributed by atoms with E-state index in [0.29, 0.717) is 22.8 Å². The fourth-order valence-corrected chi connectivity index (χ4v) is 3.83. The van der Waals surface area contributed by atoms with Crippen LogP contribution in [0, 0.1) is 26.6 Å². The molecule has 0 aromatic carbocycles. The van der Waals surface area contributed by atoms with Gasteiger partial charge in [-0.15, -0.1) is 0 Å². The van der Waals surface area contributed by atoms with Crippen molar-refractivity contribution < 1.29 is 14.2 Å². The number of aromatic nitrogens is 5. The fraction of sp³-hybridized carbons (Fsp3) is 0.269. The van der Waals surface area contributed by atoms with Gasteiger partial charge < -0.3 is 9.84 Å². The van der Waals surface area contributed by atoms with Crippen LogP contribution in [0.3, 0.4) is 0 Å². The van der Waals surface area contributed by atoms with E-state index < -0.39 is 17.0 Å². The molecular formula is C26H25ClFN5O3. The van der Waals surface area contributed by atoms with Crippen molar-refractivity contribution in [3.63, 3.8) is 0 Å². The highest BCUT2D eigenvalue weighted by Gasteiger charge is 2.22. The number of nitrogens with zero attached hydrogens (tertiary/aromatic N) is 5. The number of aliphatic hydroxyl groups is 1. The maximum Gasteiger partial charge on any atom is 0.277 e. The molecule has 4 heterocycles. The van der Waals surface area contributed by atoms with E-state index in [1.807, 2.05) is 13.8 Å². The van der Waals surface area contributed by atoms with Crippen molar-refractivity contribution in [3.05, 3.63) is 92.4 Å². The Bertz CT molecular complexity index is 1510. The van der Waals surface area contributed by atoms with Crippen LogP contribution in [0.2, 0.25) is 5.02 Å². The summed E-state index contributed by atoms with van der Waals surface area (Å²) in [5, 5.41) is 10.2. The summed E-state index contributed by atoms with van der Waals surface area (Å²) in [5.74, 6) is -0.0547. The van der Waals surface area contributed by atoms with E-state index >= 15 is 0 Å². The Hall–Kier alpha value is -3.69. The van der Waals surface area contributed by atoms with Gasteiger partial charge in [-0.3, -0.25) is 19.3 Å². The predicted octanol–water partition coefficient (Wildman–Crippen LogP) is 4.61. The lowest BCUT2D eigenvalue weighted by Crippen LogP contribution is -2.23. The second kappa shape index (κ2) is 9.75. The molecular weight excluding hydrogens is 485 g/mol. The number of halogens is 2. The van der Waals surface area contributed by atoms with E-state index in [9.17, 15) is 14.3 Å². The third-order valence-corrected chi connectivity index (χ3v) is 5.95. The lowest BCUT2D eigenvalue weighted by atomic mass is 10.1. The molecule has 10 heteroatoms. The molecule has 0 fully saturated rings. The topological polar surface area (TPSA) is 103 Å². The number of aryl methyl sites for hydroxylation is 3. The standard InChI is InChI=1S/C26H25ClFN5O3/c1-14-10-30-19(23-15(2)11-31-25(32-23)26(4,5)35)9-20(14)33-16(3)8-21(22(27)24(33)34)36-13-17-12-29-7-6-18(17)28/h6-12,35H,13H2,1-5H3. The molecule has 0 amide bonds. The van der Waals surface area contributed by atoms with E-state index in [0.717, 1.165) is 11.1 Å². The van der Waals surface area contributed by atoms with Gasteiger partial charge in [0.05, 0.1) is 17.1 Å². The van der Waals surface area contributed by atoms with Crippen LogP contribution in [0.5, 0.6) is 5.75 Å². The summed E-state index contributed by atoms with van der Waals surface area (Å²) in [7, 11) is 0. The molecule has 0 aliphatic carbocycles. The molecule has 0 atom stereocenters. The monoisotopic (exact) mass is 509 g/mol. The number of ether oxygens (including phenoxy) is 1. The Labute approximate surface area is 212 Å². The van der Waals surface area contributed by atoms with E-state index in [1.165, 1.54) is 23.0 Å². The summed E-state index contributed by atoms with van der Waals surface area (Å²) in [6.07, 6.45) is 5.97. The molecule has 0 radical (unpaired) electrons. The Kier molecular flexibility index (Phi) is 6.88. The van der Waals surface area contributed by atoms with Gasteiger partial charge in [0.25, 0.3) is 5.56 Å². The normalized spacial score (nSPS) is 11.6. The highest BCUT2D eigenvalue weighted by Crippen LogP contribution is 2.28. The molecule has 1 N–H and O–H groups in total. The van der Waals surface area contributed by atoms with Gasteiger partial charge in [-0.05, 0) is 57.9 Å². The largest absolute Gasteiger partial charge is 0.487 e. The van der Waals surface area contributed by atoms with Gasteiger partial charge in [-0.1, -0.05) is 11.6 Å². The zero-order chi connectivity index (χ0) is 26.2. The minimum atomic E-state index is -1.23. The number of rotatable bonds is 6. The van der Waals surface area contributed by atoms with Gasteiger partial charge in [-0.25, -0.2) is 14.4 Å². The van der Waals surface area contributed by atoms with Crippen LogP contribution in [0.1, 0.15) is 42.1 Å². The SMILES string of the molecule is Cc1cnc(-c2nc(C(C)(C)O)ncc2C)cc1-n1c(C)cc(OCc2cnccc2F)c(Cl)c1=O. The second-order valence-corrected chi connectivity index (χ2v) is 9.38. The van der Waals surface area contributed by atoms with Gasteiger partial charge in [0.2, 0.25) is 0 Å². The first-order valence-electron chi connectivity index (χ1n) is 11.1. The quantitative estimate of drug-likeness (QED) is 0.405. The van der Waals surface area contributed by atoms with Crippen molar-refractivity contribution in [2.45, 2.75) is 46.8 Å². The maximum absolute atomic E-state index is 13.9. The molecule has 8 nitrogen and oxygen atoms in total. The molecule has 0 spiro atoms. The lowest BCUT2D eigenvalue weighted by molar-refractivity contribution is 0.0688. The lowest BCUT2D eigenvalue weighted by Gasteiger charge is -2.18. The molecule has 0 bridgehead atoms. The summed E-state index contributed by atoms with van der Waals surface area (Å²) in [5.41, 5.74) is 2.20. The zero-order valence-corrected chi connectivity index (χ0v) is 21.3. The van der Waals surface area contributed by atoms with Crippen molar-refractivity contribution >= 4 is 11.6 Å². The summed E-state index contributed by atoms with van der Waals surface area (Å²) >= 11 is 6.40. The third-order valence-electron chi connectivity index (χ3n) is 5.60. The molecule has 4 rings (SSSR count). The molecule has 0 saturated carbocycles. The smallest absolute Gasteiger partial charge is 0.277 e. The van der Waals surface area contributed by atoms with Crippen molar-refractivity contribution in [3.8, 4) is 22.8 Å². The zero-order valence-electron chi connectivity index (χ0n) is 20.5. The van der Waals surface area contributed by atoms with Gasteiger partial charge in [0, 0.05) is 42.1 Å². The first-order valence-corrected chi connectivity index (χ1v) is 11.5. The predicted molar refractivity (Wildman–Crippen MR) is 134 cm³/mol. The third kappa shape index (κ3) is 4.98. The van der Waals surface area contributed by atoms with E-state index in [4.69, 9.17) is 16.3 Å². The second-order valence-electron chi connectivity index (χ2n) is 9.00. The van der Waals surface area contributed by atoms with Crippen molar-refractivity contribution in [1.29, 1.82) is 0 Å². The van der Waals surface area contributed by atoms with Crippen molar-refractivity contribution in [2.24, 2.45) is 0 Å². The Morgan fingerprint density at radius 3 is 2.53 bits per heavy atom. The molecule has 0 saturated heterocycles. The van der Waals surface area contributed by atoms with Crippen LogP contribution in [0.4, 0.5) is 4.39 Å². The minimum Gasteiger partial charge on any atom is -0.487 e. The molecule has 4 aromatic rings. The van der Waals surface area contributed by atoms with Crippen LogP contribution in [0.25, 0.3) is 17.1 Å². The van der Waals surface area contributed by atoms with Gasteiger partial charge in [0.1, 0.15) is 28.8 Å². The molecule has 0 aliphatic rings. The van der Waals surface area contributed by atoms with E-state index in [2.05, 4.69) is 19.9 Å². The number of hydrogen-bond acceptors (Lipinski definition) is 7. The summed E-state index contributed by atoms with van der Waals surface area (Å²) in [6.45, 7) is 8.50. The van der Waals surface area contributed by atoms with Crippen LogP contribution < -0.4 is 10.3 Å². The first-order chi connectivity index (χ1) is 17.0. The number of pyridine rings is 3. The van der Waals surface area contributed by atoms with Gasteiger partial charge in [-0.2, -0.15) is 0 Å². The van der Waals surface area contributed by atoms with E-state index in [-0.39, 0.29) is 28.8 Å². The molecule has 0 aliphatic heterocycles. The summed E-state index contributed by atoms with van der Waals surface area (Å²) < 4.78 is 21.1. The van der Waals surface area contributed by atoms with Crippen LogP contribution in [-0.4, -0.2) is 29.6 Å². The van der Waals surface area contributed by atoms with Gasteiger partial charge >= 0.3 is 0 Å². The highest BCUT2D eigenvalue weighted by molar-refractivity contribution is 6.31. The summed E-state index contributed by atoms with van der Waals surface area (Å²) in [6, 6.07) is 4.60.